The van der Waals surface area contributed by atoms with Crippen LogP contribution in [-0.4, -0.2) is 25.1 Å². The lowest BCUT2D eigenvalue weighted by Gasteiger charge is -2.11. The topological polar surface area (TPSA) is 64.6 Å². The number of nitrogens with one attached hydrogen (secondary N) is 1. The van der Waals surface area contributed by atoms with E-state index in [9.17, 15) is 9.59 Å². The van der Waals surface area contributed by atoms with Gasteiger partial charge in [-0.1, -0.05) is 12.1 Å². The summed E-state index contributed by atoms with van der Waals surface area (Å²) in [5, 5.41) is 2.73. The van der Waals surface area contributed by atoms with Crippen LogP contribution in [0.2, 0.25) is 0 Å². The number of ether oxygens (including phenoxy) is 2. The third-order valence-corrected chi connectivity index (χ3v) is 3.87. The maximum atomic E-state index is 12.1. The SMILES string of the molecule is CCOc1ccccc1C(=O)OCC(=O)Nc1ccc(I)cc1C. The van der Waals surface area contributed by atoms with E-state index in [1.165, 1.54) is 0 Å². The van der Waals surface area contributed by atoms with Crippen LogP contribution in [0.15, 0.2) is 42.5 Å². The van der Waals surface area contributed by atoms with Gasteiger partial charge < -0.3 is 14.8 Å². The highest BCUT2D eigenvalue weighted by Crippen LogP contribution is 2.19. The highest BCUT2D eigenvalue weighted by molar-refractivity contribution is 14.1. The van der Waals surface area contributed by atoms with Gasteiger partial charge in [0.2, 0.25) is 0 Å². The summed E-state index contributed by atoms with van der Waals surface area (Å²) in [7, 11) is 0. The van der Waals surface area contributed by atoms with Crippen molar-refractivity contribution in [1.29, 1.82) is 0 Å². The van der Waals surface area contributed by atoms with E-state index in [1.54, 1.807) is 24.3 Å². The molecule has 126 valence electrons. The molecule has 2 aromatic carbocycles. The molecule has 0 fully saturated rings. The molecule has 0 saturated heterocycles. The number of aryl methyl sites for hydroxylation is 1. The number of para-hydroxylation sites is 1. The number of carbonyl (C=O) groups is 2. The van der Waals surface area contributed by atoms with Crippen LogP contribution < -0.4 is 10.1 Å². The van der Waals surface area contributed by atoms with E-state index in [0.717, 1.165) is 9.13 Å². The van der Waals surface area contributed by atoms with Crippen LogP contribution in [0.3, 0.4) is 0 Å². The normalized spacial score (nSPS) is 10.1. The van der Waals surface area contributed by atoms with Crippen molar-refractivity contribution >= 4 is 40.2 Å². The highest BCUT2D eigenvalue weighted by atomic mass is 127. The molecule has 6 heteroatoms. The minimum absolute atomic E-state index is 0.303. The van der Waals surface area contributed by atoms with Crippen LogP contribution in [0.25, 0.3) is 0 Å². The second-order valence-electron chi connectivity index (χ2n) is 5.01. The molecule has 0 aromatic heterocycles. The summed E-state index contributed by atoms with van der Waals surface area (Å²) in [5.74, 6) is -0.533. The van der Waals surface area contributed by atoms with Gasteiger partial charge in [-0.3, -0.25) is 4.79 Å². The number of esters is 1. The Bertz CT molecular complexity index is 746. The van der Waals surface area contributed by atoms with Crippen molar-refractivity contribution in [3.63, 3.8) is 0 Å². The second-order valence-corrected chi connectivity index (χ2v) is 6.26. The standard InChI is InChI=1S/C18H18INO4/c1-3-23-16-7-5-4-6-14(16)18(22)24-11-17(21)20-15-9-8-13(19)10-12(15)2/h4-10H,3,11H2,1-2H3,(H,20,21). The number of halogens is 1. The van der Waals surface area contributed by atoms with E-state index in [-0.39, 0.29) is 12.5 Å². The first-order chi connectivity index (χ1) is 11.5. The van der Waals surface area contributed by atoms with E-state index in [1.807, 2.05) is 32.0 Å². The molecule has 24 heavy (non-hydrogen) atoms. The number of hydrogen-bond acceptors (Lipinski definition) is 4. The molecule has 2 rings (SSSR count). The Morgan fingerprint density at radius 1 is 1.17 bits per heavy atom. The quantitative estimate of drug-likeness (QED) is 0.550. The molecule has 0 radical (unpaired) electrons. The van der Waals surface area contributed by atoms with E-state index in [0.29, 0.717) is 23.6 Å². The minimum Gasteiger partial charge on any atom is -0.493 e. The Balaban J connectivity index is 1.95. The number of amides is 1. The first kappa shape index (κ1) is 18.3. The molecule has 1 amide bonds. The van der Waals surface area contributed by atoms with Crippen LogP contribution in [0.1, 0.15) is 22.8 Å². The van der Waals surface area contributed by atoms with Gasteiger partial charge >= 0.3 is 5.97 Å². The molecular formula is C18H18INO4. The smallest absolute Gasteiger partial charge is 0.342 e. The van der Waals surface area contributed by atoms with Gasteiger partial charge in [0.1, 0.15) is 11.3 Å². The fraction of sp³-hybridized carbons (Fsp3) is 0.222. The van der Waals surface area contributed by atoms with Crippen molar-refractivity contribution in [3.8, 4) is 5.75 Å². The van der Waals surface area contributed by atoms with E-state index in [2.05, 4.69) is 27.9 Å². The fourth-order valence-electron chi connectivity index (χ4n) is 2.08. The van der Waals surface area contributed by atoms with Gasteiger partial charge in [-0.05, 0) is 72.3 Å². The molecule has 2 aromatic rings. The predicted octanol–water partition coefficient (Wildman–Crippen LogP) is 3.79. The zero-order chi connectivity index (χ0) is 17.5. The zero-order valence-corrected chi connectivity index (χ0v) is 15.6. The van der Waals surface area contributed by atoms with E-state index < -0.39 is 5.97 Å². The molecule has 0 spiro atoms. The molecule has 0 saturated carbocycles. The zero-order valence-electron chi connectivity index (χ0n) is 13.5. The van der Waals surface area contributed by atoms with Crippen molar-refractivity contribution in [2.45, 2.75) is 13.8 Å². The van der Waals surface area contributed by atoms with Crippen molar-refractivity contribution < 1.29 is 19.1 Å². The second kappa shape index (κ2) is 8.68. The Kier molecular flexibility index (Phi) is 6.60. The summed E-state index contributed by atoms with van der Waals surface area (Å²) in [5.41, 5.74) is 1.95. The van der Waals surface area contributed by atoms with Crippen LogP contribution in [0.5, 0.6) is 5.75 Å². The largest absolute Gasteiger partial charge is 0.493 e. The van der Waals surface area contributed by atoms with Gasteiger partial charge in [0.05, 0.1) is 6.61 Å². The fourth-order valence-corrected chi connectivity index (χ4v) is 2.73. The first-order valence-electron chi connectivity index (χ1n) is 7.46. The minimum atomic E-state index is -0.589. The monoisotopic (exact) mass is 439 g/mol. The molecule has 0 aliphatic carbocycles. The summed E-state index contributed by atoms with van der Waals surface area (Å²) < 4.78 is 11.6. The van der Waals surface area contributed by atoms with Gasteiger partial charge in [0.25, 0.3) is 5.91 Å². The van der Waals surface area contributed by atoms with Crippen LogP contribution in [-0.2, 0) is 9.53 Å². The summed E-state index contributed by atoms with van der Waals surface area (Å²) in [6, 6.07) is 12.5. The third-order valence-electron chi connectivity index (χ3n) is 3.20. The number of carbonyl (C=O) groups excluding carboxylic acids is 2. The summed E-state index contributed by atoms with van der Waals surface area (Å²) in [6.07, 6.45) is 0. The lowest BCUT2D eigenvalue weighted by molar-refractivity contribution is -0.119. The Morgan fingerprint density at radius 3 is 2.62 bits per heavy atom. The van der Waals surface area contributed by atoms with Gasteiger partial charge in [-0.15, -0.1) is 0 Å². The lowest BCUT2D eigenvalue weighted by Crippen LogP contribution is -2.21. The number of hydrogen-bond donors (Lipinski definition) is 1. The first-order valence-corrected chi connectivity index (χ1v) is 8.54. The summed E-state index contributed by atoms with van der Waals surface area (Å²) in [6.45, 7) is 3.82. The molecule has 0 atom stereocenters. The average Bonchev–Trinajstić information content (AvgIpc) is 2.56. The van der Waals surface area contributed by atoms with E-state index in [4.69, 9.17) is 9.47 Å². The number of rotatable bonds is 6. The number of anilines is 1. The number of benzene rings is 2. The average molecular weight is 439 g/mol. The van der Waals surface area contributed by atoms with Crippen LogP contribution in [0, 0.1) is 10.5 Å². The highest BCUT2D eigenvalue weighted by Gasteiger charge is 2.15. The van der Waals surface area contributed by atoms with Crippen molar-refractivity contribution in [2.75, 3.05) is 18.5 Å². The van der Waals surface area contributed by atoms with Crippen LogP contribution >= 0.6 is 22.6 Å². The Hall–Kier alpha value is -2.09. The van der Waals surface area contributed by atoms with Gasteiger partial charge in [-0.2, -0.15) is 0 Å². The van der Waals surface area contributed by atoms with Crippen LogP contribution in [0.4, 0.5) is 5.69 Å². The lowest BCUT2D eigenvalue weighted by atomic mass is 10.2. The maximum Gasteiger partial charge on any atom is 0.342 e. The Labute approximate surface area is 154 Å². The maximum absolute atomic E-state index is 12.1. The van der Waals surface area contributed by atoms with Gasteiger partial charge in [0.15, 0.2) is 6.61 Å². The third kappa shape index (κ3) is 4.95. The summed E-state index contributed by atoms with van der Waals surface area (Å²) >= 11 is 2.20. The molecule has 0 bridgehead atoms. The summed E-state index contributed by atoms with van der Waals surface area (Å²) in [4.78, 5) is 24.1. The van der Waals surface area contributed by atoms with Gasteiger partial charge in [0, 0.05) is 9.26 Å². The van der Waals surface area contributed by atoms with Crippen molar-refractivity contribution in [2.24, 2.45) is 0 Å². The molecular weight excluding hydrogens is 421 g/mol. The van der Waals surface area contributed by atoms with Crippen molar-refractivity contribution in [3.05, 3.63) is 57.2 Å². The molecule has 1 N–H and O–H groups in total. The molecule has 0 heterocycles. The van der Waals surface area contributed by atoms with Crippen molar-refractivity contribution in [1.82, 2.24) is 0 Å². The predicted molar refractivity (Wildman–Crippen MR) is 100 cm³/mol. The molecule has 5 nitrogen and oxygen atoms in total. The molecule has 0 unspecified atom stereocenters. The molecule has 0 aliphatic heterocycles. The van der Waals surface area contributed by atoms with Gasteiger partial charge in [-0.25, -0.2) is 4.79 Å². The Morgan fingerprint density at radius 2 is 1.92 bits per heavy atom. The molecule has 0 aliphatic rings. The van der Waals surface area contributed by atoms with E-state index >= 15 is 0 Å².